The van der Waals surface area contributed by atoms with Gasteiger partial charge >= 0.3 is 10.1 Å². The molecule has 6 nitrogen and oxygen atoms in total. The Hall–Kier alpha value is -2.77. The number of hydrogen-bond acceptors (Lipinski definition) is 5. The number of phenols is 1. The molecular formula is C16H13N2O4S+. The van der Waals surface area contributed by atoms with Gasteiger partial charge in [0.25, 0.3) is 0 Å². The lowest BCUT2D eigenvalue weighted by atomic mass is 10.1. The number of phenolic OH excluding ortho intramolecular Hbond substituents is 1. The molecule has 0 unspecified atom stereocenters. The van der Waals surface area contributed by atoms with E-state index in [9.17, 15) is 13.5 Å². The standard InChI is InChI=1S/C16H12N2O4S/c19-15-10-5-11-3-1-2-4-14(11)16(15)18-17-12-6-8-13(9-7-12)23(20,21)22/h1-10,19H,(H,20,21,22)/p+1. The molecule has 3 aromatic carbocycles. The molecular weight excluding hydrogens is 316 g/mol. The van der Waals surface area contributed by atoms with Crippen LogP contribution in [0.25, 0.3) is 10.8 Å². The topological polar surface area (TPSA) is 102 Å². The first-order chi connectivity index (χ1) is 10.9. The summed E-state index contributed by atoms with van der Waals surface area (Å²) in [6.45, 7) is 0. The molecule has 0 bridgehead atoms. The molecule has 23 heavy (non-hydrogen) atoms. The second-order valence-corrected chi connectivity index (χ2v) is 6.33. The molecule has 0 saturated carbocycles. The lowest BCUT2D eigenvalue weighted by molar-refractivity contribution is 0.477. The number of azo groups is 1. The van der Waals surface area contributed by atoms with Crippen molar-refractivity contribution < 1.29 is 18.1 Å². The van der Waals surface area contributed by atoms with Gasteiger partial charge in [0.1, 0.15) is 16.3 Å². The van der Waals surface area contributed by atoms with Crippen molar-refractivity contribution >= 4 is 32.3 Å². The van der Waals surface area contributed by atoms with Crippen LogP contribution in [0.2, 0.25) is 0 Å². The highest BCUT2D eigenvalue weighted by molar-refractivity contribution is 7.85. The van der Waals surface area contributed by atoms with E-state index in [-0.39, 0.29) is 10.6 Å². The van der Waals surface area contributed by atoms with Crippen LogP contribution in [0.5, 0.6) is 5.75 Å². The summed E-state index contributed by atoms with van der Waals surface area (Å²) in [7, 11) is -3.98. The minimum absolute atomic E-state index is 0.0119. The fourth-order valence-corrected chi connectivity index (χ4v) is 2.64. The van der Waals surface area contributed by atoms with Crippen molar-refractivity contribution in [3.63, 3.8) is 0 Å². The van der Waals surface area contributed by atoms with Crippen molar-refractivity contribution in [1.82, 2.24) is 0 Å². The second-order valence-electron chi connectivity index (χ2n) is 4.85. The summed E-state index contributed by atoms with van der Waals surface area (Å²) in [5.74, 6) is 0.0119. The van der Waals surface area contributed by atoms with Gasteiger partial charge in [-0.05, 0) is 35.7 Å². The zero-order chi connectivity index (χ0) is 16.4. The Morgan fingerprint density at radius 2 is 1.57 bits per heavy atom. The molecule has 3 N–H and O–H groups in total. The van der Waals surface area contributed by atoms with Crippen LogP contribution >= 0.6 is 0 Å². The minimum atomic E-state index is -3.98. The molecule has 3 aromatic rings. The quantitative estimate of drug-likeness (QED) is 0.588. The molecule has 0 aliphatic rings. The van der Waals surface area contributed by atoms with Gasteiger partial charge in [-0.1, -0.05) is 30.3 Å². The molecule has 0 radical (unpaired) electrons. The highest BCUT2D eigenvalue weighted by Crippen LogP contribution is 2.35. The van der Waals surface area contributed by atoms with E-state index < -0.39 is 10.1 Å². The number of aromatic hydroxyl groups is 1. The lowest BCUT2D eigenvalue weighted by Crippen LogP contribution is -1.96. The average Bonchev–Trinajstić information content (AvgIpc) is 2.53. The third-order valence-electron chi connectivity index (χ3n) is 3.29. The Bertz CT molecular complexity index is 996. The van der Waals surface area contributed by atoms with Crippen LogP contribution in [-0.4, -0.2) is 18.1 Å². The number of hydrogen-bond donors (Lipinski definition) is 1. The first kappa shape index (κ1) is 15.1. The molecule has 116 valence electrons. The van der Waals surface area contributed by atoms with Crippen molar-refractivity contribution in [2.75, 3.05) is 0 Å². The predicted molar refractivity (Wildman–Crippen MR) is 87.0 cm³/mol. The Labute approximate surface area is 132 Å². The zero-order valence-electron chi connectivity index (χ0n) is 11.8. The molecule has 0 aliphatic carbocycles. The minimum Gasteiger partial charge on any atom is -0.506 e. The van der Waals surface area contributed by atoms with Crippen LogP contribution in [0.15, 0.2) is 75.8 Å². The normalized spacial score (nSPS) is 12.0. The summed E-state index contributed by atoms with van der Waals surface area (Å²) in [6.07, 6.45) is 0. The van der Waals surface area contributed by atoms with Crippen LogP contribution in [0.3, 0.4) is 0 Å². The number of benzene rings is 3. The third kappa shape index (κ3) is 3.20. The summed E-state index contributed by atoms with van der Waals surface area (Å²) < 4.78 is 29.2. The van der Waals surface area contributed by atoms with Gasteiger partial charge in [0.15, 0.2) is 0 Å². The van der Waals surface area contributed by atoms with Gasteiger partial charge < -0.3 is 9.66 Å². The van der Waals surface area contributed by atoms with E-state index in [1.807, 2.05) is 24.3 Å². The maximum absolute atomic E-state index is 11.1. The number of fused-ring (bicyclic) bond motifs is 1. The number of rotatable bonds is 3. The van der Waals surface area contributed by atoms with Gasteiger partial charge in [-0.15, -0.1) is 13.5 Å². The first-order valence-electron chi connectivity index (χ1n) is 6.67. The molecule has 0 fully saturated rings. The fraction of sp³-hybridized carbons (Fsp3) is 0. The largest absolute Gasteiger partial charge is 0.506 e. The SMILES string of the molecule is O=S(=O)([OH2+])c1ccc(N=Nc2c(O)ccc3ccccc23)cc1. The van der Waals surface area contributed by atoms with E-state index >= 15 is 0 Å². The average molecular weight is 329 g/mol. The Kier molecular flexibility index (Phi) is 3.81. The van der Waals surface area contributed by atoms with Crippen LogP contribution < -0.4 is 0 Å². The highest BCUT2D eigenvalue weighted by atomic mass is 32.2. The van der Waals surface area contributed by atoms with Gasteiger partial charge in [0.05, 0.1) is 5.69 Å². The molecule has 0 saturated heterocycles. The highest BCUT2D eigenvalue weighted by Gasteiger charge is 2.13. The molecule has 0 amide bonds. The first-order valence-corrected chi connectivity index (χ1v) is 8.15. The van der Waals surface area contributed by atoms with Gasteiger partial charge in [0, 0.05) is 5.39 Å². The molecule has 0 aliphatic heterocycles. The van der Waals surface area contributed by atoms with Gasteiger partial charge in [-0.2, -0.15) is 5.11 Å². The van der Waals surface area contributed by atoms with Crippen LogP contribution in [0.4, 0.5) is 11.4 Å². The van der Waals surface area contributed by atoms with Crippen LogP contribution in [0.1, 0.15) is 0 Å². The van der Waals surface area contributed by atoms with Crippen molar-refractivity contribution in [3.8, 4) is 5.75 Å². The molecule has 0 heterocycles. The Balaban J connectivity index is 1.99. The molecule has 0 atom stereocenters. The maximum atomic E-state index is 11.1. The van der Waals surface area contributed by atoms with Crippen LogP contribution in [0, 0.1) is 0 Å². The summed E-state index contributed by atoms with van der Waals surface area (Å²) in [6, 6.07) is 16.3. The van der Waals surface area contributed by atoms with E-state index in [0.717, 1.165) is 10.8 Å². The van der Waals surface area contributed by atoms with Gasteiger partial charge in [-0.3, -0.25) is 0 Å². The summed E-state index contributed by atoms with van der Waals surface area (Å²) in [5.41, 5.74) is 0.769. The van der Waals surface area contributed by atoms with E-state index in [4.69, 9.17) is 4.55 Å². The Morgan fingerprint density at radius 3 is 2.26 bits per heavy atom. The van der Waals surface area contributed by atoms with Crippen molar-refractivity contribution in [2.45, 2.75) is 4.90 Å². The monoisotopic (exact) mass is 329 g/mol. The Morgan fingerprint density at radius 1 is 0.870 bits per heavy atom. The molecule has 0 spiro atoms. The van der Waals surface area contributed by atoms with E-state index in [0.29, 0.717) is 11.4 Å². The predicted octanol–water partition coefficient (Wildman–Crippen LogP) is 3.37. The lowest BCUT2D eigenvalue weighted by Gasteiger charge is -2.03. The smallest absolute Gasteiger partial charge is 0.409 e. The fourth-order valence-electron chi connectivity index (χ4n) is 2.15. The van der Waals surface area contributed by atoms with E-state index in [2.05, 4.69) is 10.2 Å². The summed E-state index contributed by atoms with van der Waals surface area (Å²) in [5, 5.41) is 19.8. The summed E-state index contributed by atoms with van der Waals surface area (Å²) >= 11 is 0. The molecule has 7 heteroatoms. The van der Waals surface area contributed by atoms with Crippen LogP contribution in [-0.2, 0) is 10.1 Å². The van der Waals surface area contributed by atoms with Crippen molar-refractivity contribution in [1.29, 1.82) is 0 Å². The van der Waals surface area contributed by atoms with Crippen molar-refractivity contribution in [2.24, 2.45) is 10.2 Å². The zero-order valence-corrected chi connectivity index (χ0v) is 12.7. The maximum Gasteiger partial charge on any atom is 0.409 e. The summed E-state index contributed by atoms with van der Waals surface area (Å²) in [4.78, 5) is -0.107. The van der Waals surface area contributed by atoms with Crippen molar-refractivity contribution in [3.05, 3.63) is 60.7 Å². The van der Waals surface area contributed by atoms with Gasteiger partial charge in [-0.25, -0.2) is 0 Å². The van der Waals surface area contributed by atoms with Gasteiger partial charge in [0.2, 0.25) is 0 Å². The third-order valence-corrected chi connectivity index (χ3v) is 4.18. The second kappa shape index (κ2) is 5.79. The molecule has 0 aromatic heterocycles. The molecule has 3 rings (SSSR count). The number of nitrogens with zero attached hydrogens (tertiary/aromatic N) is 2. The van der Waals surface area contributed by atoms with E-state index in [1.54, 1.807) is 12.1 Å². The van der Waals surface area contributed by atoms with E-state index in [1.165, 1.54) is 24.3 Å².